The Morgan fingerprint density at radius 3 is 1.22 bits per heavy atom. The fraction of sp³-hybridized carbons (Fsp3) is 0. The van der Waals surface area contributed by atoms with E-state index >= 15 is 0 Å². The van der Waals surface area contributed by atoms with Gasteiger partial charge in [-0.25, -0.2) is 0 Å². The van der Waals surface area contributed by atoms with Crippen LogP contribution in [0.5, 0.6) is 0 Å². The summed E-state index contributed by atoms with van der Waals surface area (Å²) in [6.45, 7) is 0. The Balaban J connectivity index is -0.00000000533. The van der Waals surface area contributed by atoms with E-state index in [1.54, 1.807) is 0 Å². The van der Waals surface area contributed by atoms with Gasteiger partial charge in [0.2, 0.25) is 0 Å². The second-order valence-corrected chi connectivity index (χ2v) is 1.85. The summed E-state index contributed by atoms with van der Waals surface area (Å²) in [5.74, 6) is 0. The van der Waals surface area contributed by atoms with Crippen LogP contribution >= 0.6 is 0 Å². The summed E-state index contributed by atoms with van der Waals surface area (Å²) in [7, 11) is 0. The number of hydrogen-bond donors (Lipinski definition) is 2. The van der Waals surface area contributed by atoms with Gasteiger partial charge in [-0.15, -0.1) is 0 Å². The van der Waals surface area contributed by atoms with Crippen molar-refractivity contribution in [2.75, 3.05) is 0 Å². The van der Waals surface area contributed by atoms with Crippen LogP contribution in [0.15, 0.2) is 0 Å². The van der Waals surface area contributed by atoms with Crippen LogP contribution in [0, 0.1) is 0 Å². The van der Waals surface area contributed by atoms with Gasteiger partial charge in [-0.05, 0) is 0 Å². The van der Waals surface area contributed by atoms with Crippen molar-refractivity contribution in [1.29, 1.82) is 0 Å². The summed E-state index contributed by atoms with van der Waals surface area (Å²) in [4.78, 5) is 0. The van der Waals surface area contributed by atoms with Crippen LogP contribution in [0.1, 0.15) is 2.85 Å². The summed E-state index contributed by atoms with van der Waals surface area (Å²) in [6.07, 6.45) is 0. The van der Waals surface area contributed by atoms with Crippen LogP contribution in [0.4, 0.5) is 0 Å². The summed E-state index contributed by atoms with van der Waals surface area (Å²) >= 11 is -5.25. The zero-order valence-electron chi connectivity index (χ0n) is 6.21. The van der Waals surface area contributed by atoms with E-state index < -0.39 is 13.6 Å². The van der Waals surface area contributed by atoms with E-state index in [2.05, 4.69) is 0 Å². The Hall–Kier alpha value is 2.90. The molecular formula is H6CaCrCuO5Y. The summed E-state index contributed by atoms with van der Waals surface area (Å²) in [6, 6.07) is 0. The summed E-state index contributed by atoms with van der Waals surface area (Å²) in [5.41, 5.74) is 0. The molecule has 0 aliphatic carbocycles. The van der Waals surface area contributed by atoms with E-state index in [0.29, 0.717) is 0 Å². The average Bonchev–Trinajstić information content (AvgIpc) is 0.722. The molecular weight excluding hydrogens is 325 g/mol. The third kappa shape index (κ3) is 103. The first-order chi connectivity index (χ1) is 2.00. The molecule has 9 heteroatoms. The zero-order valence-corrected chi connectivity index (χ0v) is 11.5. The molecule has 0 aliphatic heterocycles. The molecule has 4 N–H and O–H groups in total. The molecule has 9 heavy (non-hydrogen) atoms. The Morgan fingerprint density at radius 2 is 1.22 bits per heavy atom. The van der Waals surface area contributed by atoms with Crippen LogP contribution in [0.3, 0.4) is 0 Å². The van der Waals surface area contributed by atoms with Crippen molar-refractivity contribution < 1.29 is 87.6 Å². The Morgan fingerprint density at radius 1 is 1.22 bits per heavy atom. The molecule has 0 bridgehead atoms. The summed E-state index contributed by atoms with van der Waals surface area (Å²) < 4.78 is 31.9. The maximum Gasteiger partial charge on any atom is 0 e. The molecule has 0 unspecified atom stereocenters. The van der Waals surface area contributed by atoms with Gasteiger partial charge >= 0.3 is 67.3 Å². The largest absolute Gasteiger partial charge is 0 e. The molecule has 0 spiro atoms. The van der Waals surface area contributed by atoms with Gasteiger partial charge in [-0.1, -0.05) is 0 Å². The van der Waals surface area contributed by atoms with Gasteiger partial charge in [-0.2, -0.15) is 0 Å². The molecule has 5 nitrogen and oxygen atoms in total. The van der Waals surface area contributed by atoms with Gasteiger partial charge in [0, 0.05) is 49.8 Å². The maximum atomic E-state index is 8.82. The fourth-order valence-corrected chi connectivity index (χ4v) is 0. The van der Waals surface area contributed by atoms with Gasteiger partial charge < -0.3 is 8.33 Å². The predicted molar refractivity (Wildman–Crippen MR) is 17.4 cm³/mol. The van der Waals surface area contributed by atoms with E-state index in [4.69, 9.17) is 15.9 Å². The first kappa shape index (κ1) is 29.7. The van der Waals surface area contributed by atoms with Gasteiger partial charge in [0.05, 0.1) is 0 Å². The minimum atomic E-state index is -5.25. The Bertz CT molecular complexity index is 108. The molecule has 58 valence electrons. The Kier molecular flexibility index (Phi) is 44.5. The second kappa shape index (κ2) is 13.5. The molecule has 0 aromatic rings. The van der Waals surface area contributed by atoms with E-state index in [0.717, 1.165) is 0 Å². The SMILES string of the molecule is O.[Ca+2].[Cu].[H-].[H-].[O]=[Cr](=[O])([OH])[OH].[Y]. The van der Waals surface area contributed by atoms with Crippen LogP contribution < -0.4 is 0 Å². The van der Waals surface area contributed by atoms with Crippen LogP contribution in [-0.4, -0.2) is 51.5 Å². The smallest absolute Gasteiger partial charge is 0 e. The van der Waals surface area contributed by atoms with Crippen molar-refractivity contribution in [3.8, 4) is 0 Å². The molecule has 0 aromatic carbocycles. The third-order valence-corrected chi connectivity index (χ3v) is 0. The maximum absolute atomic E-state index is 8.82. The molecule has 0 aliphatic rings. The monoisotopic (exact) mass is 330 g/mol. The van der Waals surface area contributed by atoms with Crippen molar-refractivity contribution in [3.63, 3.8) is 0 Å². The third-order valence-electron chi connectivity index (χ3n) is 0. The van der Waals surface area contributed by atoms with Gasteiger partial charge in [-0.3, -0.25) is 0 Å². The molecule has 0 fully saturated rings. The predicted octanol–water partition coefficient (Wildman–Crippen LogP) is -2.34. The number of rotatable bonds is 0. The van der Waals surface area contributed by atoms with Gasteiger partial charge in [0.1, 0.15) is 0 Å². The quantitative estimate of drug-likeness (QED) is 0.485. The van der Waals surface area contributed by atoms with E-state index in [9.17, 15) is 0 Å². The van der Waals surface area contributed by atoms with E-state index in [1.807, 2.05) is 0 Å². The van der Waals surface area contributed by atoms with Crippen LogP contribution in [0.25, 0.3) is 0 Å². The fourth-order valence-electron chi connectivity index (χ4n) is 0. The molecule has 0 amide bonds. The van der Waals surface area contributed by atoms with Gasteiger partial charge in [0.15, 0.2) is 0 Å². The topological polar surface area (TPSA) is 106 Å². The number of hydrogen-bond acceptors (Lipinski definition) is 2. The zero-order chi connectivity index (χ0) is 4.50. The van der Waals surface area contributed by atoms with Crippen molar-refractivity contribution in [2.24, 2.45) is 0 Å². The molecule has 0 saturated carbocycles. The molecule has 0 aromatic heterocycles. The minimum absolute atomic E-state index is 0. The van der Waals surface area contributed by atoms with Crippen LogP contribution in [0.2, 0.25) is 0 Å². The Labute approximate surface area is 123 Å². The van der Waals surface area contributed by atoms with E-state index in [1.165, 1.54) is 0 Å². The minimum Gasteiger partial charge on any atom is 0 e. The van der Waals surface area contributed by atoms with Crippen molar-refractivity contribution in [2.45, 2.75) is 0 Å². The molecule has 0 saturated heterocycles. The van der Waals surface area contributed by atoms with Crippen molar-refractivity contribution in [1.82, 2.24) is 0 Å². The molecule has 0 heterocycles. The first-order valence-corrected chi connectivity index (χ1v) is 2.88. The summed E-state index contributed by atoms with van der Waals surface area (Å²) in [5, 5.41) is 0. The standard InChI is InChI=1S/Ca.Cr.Cu.3H2O.2O.Y.2H/h;;;3*1H2;;;;;/q2*+2;;;;;;;;2*-1/p-2. The molecule has 2 radical (unpaired) electrons. The first-order valence-electron chi connectivity index (χ1n) is 0.698. The van der Waals surface area contributed by atoms with Crippen LogP contribution in [-0.2, 0) is 71.0 Å². The molecule has 0 rings (SSSR count). The van der Waals surface area contributed by atoms with Crippen molar-refractivity contribution >= 4 is 37.7 Å². The van der Waals surface area contributed by atoms with E-state index in [-0.39, 0.29) is 95.8 Å². The van der Waals surface area contributed by atoms with Gasteiger partial charge in [0.25, 0.3) is 0 Å². The molecule has 0 atom stereocenters. The van der Waals surface area contributed by atoms with Crippen molar-refractivity contribution in [3.05, 3.63) is 0 Å². The second-order valence-electron chi connectivity index (χ2n) is 0.448. The normalized spacial score (nSPS) is 6.44. The average molecular weight is 331 g/mol.